The molecule has 29 heavy (non-hydrogen) atoms. The highest BCUT2D eigenvalue weighted by atomic mass is 19.1. The van der Waals surface area contributed by atoms with Gasteiger partial charge in [0.05, 0.1) is 17.9 Å². The van der Waals surface area contributed by atoms with Gasteiger partial charge in [0, 0.05) is 17.7 Å². The summed E-state index contributed by atoms with van der Waals surface area (Å²) in [5, 5.41) is 8.71. The zero-order chi connectivity index (χ0) is 21.0. The van der Waals surface area contributed by atoms with E-state index in [1.165, 1.54) is 6.07 Å². The van der Waals surface area contributed by atoms with E-state index >= 15 is 0 Å². The quantitative estimate of drug-likeness (QED) is 0.552. The second-order valence-corrected chi connectivity index (χ2v) is 6.84. The van der Waals surface area contributed by atoms with Gasteiger partial charge in [0.1, 0.15) is 47.3 Å². The van der Waals surface area contributed by atoms with Gasteiger partial charge in [0.15, 0.2) is 0 Å². The van der Waals surface area contributed by atoms with Gasteiger partial charge in [0.2, 0.25) is 0 Å². The molecule has 1 heterocycles. The highest BCUT2D eigenvalue weighted by molar-refractivity contribution is 5.67. The van der Waals surface area contributed by atoms with Crippen LogP contribution in [0.15, 0.2) is 36.1 Å². The van der Waals surface area contributed by atoms with Crippen molar-refractivity contribution in [2.75, 3.05) is 6.61 Å². The molecule has 3 nitrogen and oxygen atoms in total. The van der Waals surface area contributed by atoms with Crippen LogP contribution in [0.2, 0.25) is 0 Å². The minimum atomic E-state index is -1.19. The summed E-state index contributed by atoms with van der Waals surface area (Å²) in [4.78, 5) is 0. The fraction of sp³-hybridized carbons (Fsp3) is 0.318. The van der Waals surface area contributed by atoms with Crippen molar-refractivity contribution in [1.29, 1.82) is 5.26 Å². The summed E-state index contributed by atoms with van der Waals surface area (Å²) in [6.07, 6.45) is 5.46. The summed E-state index contributed by atoms with van der Waals surface area (Å²) in [5.74, 6) is -4.48. The summed E-state index contributed by atoms with van der Waals surface area (Å²) in [6.45, 7) is 2.20. The molecule has 0 aliphatic carbocycles. The Morgan fingerprint density at radius 3 is 2.24 bits per heavy atom. The number of hydrogen-bond donors (Lipinski definition) is 0. The molecule has 1 aliphatic heterocycles. The summed E-state index contributed by atoms with van der Waals surface area (Å²) >= 11 is 0. The lowest BCUT2D eigenvalue weighted by Crippen LogP contribution is -2.16. The van der Waals surface area contributed by atoms with Crippen LogP contribution in [0, 0.1) is 34.6 Å². The second-order valence-electron chi connectivity index (χ2n) is 6.84. The first-order valence-electron chi connectivity index (χ1n) is 9.27. The minimum Gasteiger partial charge on any atom is -0.498 e. The maximum atomic E-state index is 14.5. The van der Waals surface area contributed by atoms with Crippen molar-refractivity contribution in [2.45, 2.75) is 38.7 Å². The summed E-state index contributed by atoms with van der Waals surface area (Å²) < 4.78 is 67.6. The van der Waals surface area contributed by atoms with Crippen LogP contribution in [0.3, 0.4) is 0 Å². The molecule has 2 aromatic carbocycles. The van der Waals surface area contributed by atoms with Gasteiger partial charge < -0.3 is 9.47 Å². The third-order valence-electron chi connectivity index (χ3n) is 4.71. The molecule has 1 atom stereocenters. The Morgan fingerprint density at radius 2 is 1.72 bits per heavy atom. The number of ether oxygens (including phenoxy) is 2. The largest absolute Gasteiger partial charge is 0.498 e. The summed E-state index contributed by atoms with van der Waals surface area (Å²) in [6, 6.07) is 4.72. The Balaban J connectivity index is 1.76. The molecule has 1 aliphatic rings. The van der Waals surface area contributed by atoms with E-state index in [9.17, 15) is 17.6 Å². The lowest BCUT2D eigenvalue weighted by atomic mass is 10.0. The summed E-state index contributed by atoms with van der Waals surface area (Å²) in [5.41, 5.74) is -0.870. The molecule has 7 heteroatoms. The van der Waals surface area contributed by atoms with Crippen molar-refractivity contribution in [3.63, 3.8) is 0 Å². The van der Waals surface area contributed by atoms with Gasteiger partial charge in [-0.3, -0.25) is 0 Å². The van der Waals surface area contributed by atoms with Gasteiger partial charge in [-0.25, -0.2) is 17.6 Å². The number of nitriles is 1. The van der Waals surface area contributed by atoms with Crippen LogP contribution in [0.5, 0.6) is 5.75 Å². The van der Waals surface area contributed by atoms with E-state index in [1.54, 1.807) is 6.26 Å². The molecule has 2 aromatic rings. The van der Waals surface area contributed by atoms with E-state index in [4.69, 9.17) is 14.7 Å². The number of hydrogen-bond acceptors (Lipinski definition) is 3. The van der Waals surface area contributed by atoms with Crippen molar-refractivity contribution >= 4 is 0 Å². The first-order valence-corrected chi connectivity index (χ1v) is 9.27. The highest BCUT2D eigenvalue weighted by Gasteiger charge is 2.19. The van der Waals surface area contributed by atoms with Crippen LogP contribution >= 0.6 is 0 Å². The Kier molecular flexibility index (Phi) is 6.42. The van der Waals surface area contributed by atoms with Crippen molar-refractivity contribution in [2.24, 2.45) is 0 Å². The van der Waals surface area contributed by atoms with Gasteiger partial charge in [0.25, 0.3) is 0 Å². The van der Waals surface area contributed by atoms with Crippen LogP contribution in [-0.4, -0.2) is 12.7 Å². The number of rotatable bonds is 6. The molecular formula is C22H19F4NO2. The molecule has 0 amide bonds. The van der Waals surface area contributed by atoms with E-state index < -0.39 is 34.4 Å². The topological polar surface area (TPSA) is 42.2 Å². The molecule has 0 saturated carbocycles. The molecule has 1 unspecified atom stereocenters. The second kappa shape index (κ2) is 8.99. The number of benzene rings is 2. The Bertz CT molecular complexity index is 935. The molecule has 0 aromatic heterocycles. The van der Waals surface area contributed by atoms with Crippen molar-refractivity contribution in [3.8, 4) is 22.9 Å². The van der Waals surface area contributed by atoms with Crippen LogP contribution in [0.25, 0.3) is 11.1 Å². The molecule has 0 fully saturated rings. The number of nitrogens with zero attached hydrogens (tertiary/aromatic N) is 1. The van der Waals surface area contributed by atoms with Crippen LogP contribution in [-0.2, 0) is 4.74 Å². The van der Waals surface area contributed by atoms with Gasteiger partial charge in [-0.05, 0) is 37.0 Å². The minimum absolute atomic E-state index is 0.0464. The molecule has 0 N–H and O–H groups in total. The predicted octanol–water partition coefficient (Wildman–Crippen LogP) is 6.02. The van der Waals surface area contributed by atoms with E-state index in [1.807, 2.05) is 0 Å². The SMILES string of the molecule is CCCC1CCC(COc2cc(F)c(-c3cc(F)c(C#N)c(F)c3)c(F)c2)=CO1. The van der Waals surface area contributed by atoms with Crippen molar-refractivity contribution in [3.05, 3.63) is 64.9 Å². The first-order chi connectivity index (χ1) is 13.9. The molecule has 0 bridgehead atoms. The maximum absolute atomic E-state index is 14.5. The number of halogens is 4. The molecule has 152 valence electrons. The predicted molar refractivity (Wildman–Crippen MR) is 99.0 cm³/mol. The van der Waals surface area contributed by atoms with Crippen LogP contribution < -0.4 is 4.74 Å². The monoisotopic (exact) mass is 405 g/mol. The Labute approximate surface area is 166 Å². The van der Waals surface area contributed by atoms with Crippen LogP contribution in [0.4, 0.5) is 17.6 Å². The van der Waals surface area contributed by atoms with Crippen molar-refractivity contribution in [1.82, 2.24) is 0 Å². The molecule has 3 rings (SSSR count). The lowest BCUT2D eigenvalue weighted by molar-refractivity contribution is 0.106. The summed E-state index contributed by atoms with van der Waals surface area (Å²) in [7, 11) is 0. The van der Waals surface area contributed by atoms with Crippen LogP contribution in [0.1, 0.15) is 38.2 Å². The highest BCUT2D eigenvalue weighted by Crippen LogP contribution is 2.32. The molecular weight excluding hydrogens is 386 g/mol. The van der Waals surface area contributed by atoms with E-state index in [2.05, 4.69) is 6.92 Å². The molecule has 0 saturated heterocycles. The molecule has 0 radical (unpaired) electrons. The smallest absolute Gasteiger partial charge is 0.144 e. The van der Waals surface area contributed by atoms with E-state index in [-0.39, 0.29) is 24.0 Å². The van der Waals surface area contributed by atoms with E-state index in [0.29, 0.717) is 0 Å². The zero-order valence-electron chi connectivity index (χ0n) is 15.8. The van der Waals surface area contributed by atoms with E-state index in [0.717, 1.165) is 55.5 Å². The Hall–Kier alpha value is -3.01. The average molecular weight is 405 g/mol. The fourth-order valence-corrected chi connectivity index (χ4v) is 3.22. The third-order valence-corrected chi connectivity index (χ3v) is 4.71. The Morgan fingerprint density at radius 1 is 1.07 bits per heavy atom. The lowest BCUT2D eigenvalue weighted by Gasteiger charge is -2.22. The van der Waals surface area contributed by atoms with Gasteiger partial charge in [-0.15, -0.1) is 0 Å². The maximum Gasteiger partial charge on any atom is 0.144 e. The molecule has 0 spiro atoms. The zero-order valence-corrected chi connectivity index (χ0v) is 15.8. The normalized spacial score (nSPS) is 16.0. The third kappa shape index (κ3) is 4.70. The average Bonchev–Trinajstić information content (AvgIpc) is 2.67. The fourth-order valence-electron chi connectivity index (χ4n) is 3.22. The van der Waals surface area contributed by atoms with Gasteiger partial charge in [-0.1, -0.05) is 13.3 Å². The van der Waals surface area contributed by atoms with Crippen molar-refractivity contribution < 1.29 is 27.0 Å². The van der Waals surface area contributed by atoms with Gasteiger partial charge >= 0.3 is 0 Å². The first kappa shape index (κ1) is 20.7. The standard InChI is InChI=1S/C22H19F4NO2/c1-2-3-15-5-4-13(11-28-15)12-29-16-8-20(25)22(21(26)9-16)14-6-18(23)17(10-27)19(24)7-14/h6-9,11,15H,2-5,12H2,1H3. The van der Waals surface area contributed by atoms with Gasteiger partial charge in [-0.2, -0.15) is 5.26 Å².